The van der Waals surface area contributed by atoms with Gasteiger partial charge in [0.15, 0.2) is 0 Å². The lowest BCUT2D eigenvalue weighted by atomic mass is 9.95. The molecule has 0 unspecified atom stereocenters. The first-order valence-electron chi connectivity index (χ1n) is 11.4. The Labute approximate surface area is 191 Å². The fourth-order valence-electron chi connectivity index (χ4n) is 4.35. The Morgan fingerprint density at radius 2 is 1.77 bits per heavy atom. The predicted octanol–water partition coefficient (Wildman–Crippen LogP) is 5.45. The molecule has 1 aliphatic carbocycles. The van der Waals surface area contributed by atoms with Crippen molar-refractivity contribution < 1.29 is 9.59 Å². The molecule has 2 aromatic rings. The van der Waals surface area contributed by atoms with E-state index in [1.807, 2.05) is 62.4 Å². The Morgan fingerprint density at radius 1 is 1.06 bits per heavy atom. The van der Waals surface area contributed by atoms with Crippen molar-refractivity contribution in [3.8, 4) is 0 Å². The van der Waals surface area contributed by atoms with Crippen LogP contribution in [0.1, 0.15) is 62.1 Å². The van der Waals surface area contributed by atoms with E-state index in [1.165, 1.54) is 6.42 Å². The quantitative estimate of drug-likeness (QED) is 0.593. The van der Waals surface area contributed by atoms with Crippen LogP contribution in [0, 0.1) is 6.92 Å². The van der Waals surface area contributed by atoms with Gasteiger partial charge in [-0.2, -0.15) is 0 Å². The molecule has 2 aromatic carbocycles. The van der Waals surface area contributed by atoms with Crippen LogP contribution < -0.4 is 5.32 Å². The van der Waals surface area contributed by atoms with Crippen LogP contribution in [-0.4, -0.2) is 28.8 Å². The van der Waals surface area contributed by atoms with Crippen molar-refractivity contribution in [1.82, 2.24) is 10.2 Å². The molecule has 0 spiro atoms. The number of aryl methyl sites for hydroxylation is 1. The third-order valence-corrected chi connectivity index (χ3v) is 6.29. The van der Waals surface area contributed by atoms with Crippen molar-refractivity contribution in [3.63, 3.8) is 0 Å². The zero-order valence-electron chi connectivity index (χ0n) is 18.6. The van der Waals surface area contributed by atoms with Crippen LogP contribution in [0.3, 0.4) is 0 Å². The number of halogens is 1. The highest BCUT2D eigenvalue weighted by molar-refractivity contribution is 6.30. The Morgan fingerprint density at radius 3 is 2.42 bits per heavy atom. The van der Waals surface area contributed by atoms with Crippen molar-refractivity contribution in [2.45, 2.75) is 77.4 Å². The summed E-state index contributed by atoms with van der Waals surface area (Å²) in [6.07, 6.45) is 6.45. The van der Waals surface area contributed by atoms with Gasteiger partial charge < -0.3 is 10.2 Å². The lowest BCUT2D eigenvalue weighted by Gasteiger charge is -2.33. The van der Waals surface area contributed by atoms with Crippen LogP contribution in [0.15, 0.2) is 48.5 Å². The topological polar surface area (TPSA) is 49.4 Å². The van der Waals surface area contributed by atoms with Gasteiger partial charge in [-0.15, -0.1) is 0 Å². The number of carbonyl (C=O) groups excluding carboxylic acids is 2. The fraction of sp³-hybridized carbons (Fsp3) is 0.462. The third kappa shape index (κ3) is 6.83. The van der Waals surface area contributed by atoms with E-state index in [-0.39, 0.29) is 24.3 Å². The molecule has 1 fully saturated rings. The molecule has 3 rings (SSSR count). The monoisotopic (exact) mass is 440 g/mol. The minimum atomic E-state index is -0.491. The summed E-state index contributed by atoms with van der Waals surface area (Å²) in [7, 11) is 0. The Balaban J connectivity index is 1.80. The average molecular weight is 441 g/mol. The number of nitrogens with zero attached hydrogens (tertiary/aromatic N) is 1. The van der Waals surface area contributed by atoms with E-state index in [2.05, 4.69) is 5.32 Å². The maximum Gasteiger partial charge on any atom is 0.243 e. The van der Waals surface area contributed by atoms with E-state index < -0.39 is 6.04 Å². The summed E-state index contributed by atoms with van der Waals surface area (Å²) in [6, 6.07) is 15.2. The number of benzene rings is 2. The summed E-state index contributed by atoms with van der Waals surface area (Å²) in [5.41, 5.74) is 3.05. The molecule has 1 atom stereocenters. The van der Waals surface area contributed by atoms with Crippen LogP contribution in [-0.2, 0) is 22.6 Å². The van der Waals surface area contributed by atoms with Crippen LogP contribution >= 0.6 is 11.6 Å². The largest absolute Gasteiger partial charge is 0.352 e. The molecule has 5 heteroatoms. The summed E-state index contributed by atoms with van der Waals surface area (Å²) < 4.78 is 0. The standard InChI is InChI=1S/C26H33ClN2O2/c1-3-24(26(31)28-23-10-5-4-6-11-23)29(18-20-12-14-22(27)15-13-20)25(30)17-21-9-7-8-19(2)16-21/h7-9,12-16,23-24H,3-6,10-11,17-18H2,1-2H3,(H,28,31)/t24-/m0/s1. The van der Waals surface area contributed by atoms with E-state index >= 15 is 0 Å². The van der Waals surface area contributed by atoms with Crippen LogP contribution in [0.25, 0.3) is 0 Å². The molecule has 2 amide bonds. The number of hydrogen-bond donors (Lipinski definition) is 1. The number of carbonyl (C=O) groups is 2. The molecule has 0 bridgehead atoms. The van der Waals surface area contributed by atoms with Gasteiger partial charge in [-0.25, -0.2) is 0 Å². The van der Waals surface area contributed by atoms with Gasteiger partial charge in [-0.05, 0) is 49.4 Å². The summed E-state index contributed by atoms with van der Waals surface area (Å²) in [4.78, 5) is 28.4. The van der Waals surface area contributed by atoms with E-state index in [0.29, 0.717) is 18.0 Å². The van der Waals surface area contributed by atoms with Crippen LogP contribution in [0.2, 0.25) is 5.02 Å². The van der Waals surface area contributed by atoms with Gasteiger partial charge in [0.1, 0.15) is 6.04 Å². The summed E-state index contributed by atoms with van der Waals surface area (Å²) in [6.45, 7) is 4.38. The van der Waals surface area contributed by atoms with Crippen molar-refractivity contribution in [2.24, 2.45) is 0 Å². The van der Waals surface area contributed by atoms with Gasteiger partial charge in [0.2, 0.25) is 11.8 Å². The molecule has 0 saturated heterocycles. The Kier molecular flexibility index (Phi) is 8.53. The number of amides is 2. The minimum absolute atomic E-state index is 0.0359. The van der Waals surface area contributed by atoms with Gasteiger partial charge in [0.25, 0.3) is 0 Å². The molecule has 1 aliphatic rings. The smallest absolute Gasteiger partial charge is 0.243 e. The highest BCUT2D eigenvalue weighted by atomic mass is 35.5. The molecule has 166 valence electrons. The van der Waals surface area contributed by atoms with Crippen molar-refractivity contribution >= 4 is 23.4 Å². The van der Waals surface area contributed by atoms with Crippen LogP contribution in [0.4, 0.5) is 0 Å². The maximum absolute atomic E-state index is 13.4. The van der Waals surface area contributed by atoms with E-state index in [9.17, 15) is 9.59 Å². The Bertz CT molecular complexity index is 875. The van der Waals surface area contributed by atoms with Crippen molar-refractivity contribution in [2.75, 3.05) is 0 Å². The first-order valence-corrected chi connectivity index (χ1v) is 11.7. The van der Waals surface area contributed by atoms with E-state index in [1.54, 1.807) is 4.90 Å². The minimum Gasteiger partial charge on any atom is -0.352 e. The predicted molar refractivity (Wildman–Crippen MR) is 126 cm³/mol. The van der Waals surface area contributed by atoms with E-state index in [0.717, 1.165) is 42.4 Å². The normalized spacial score (nSPS) is 15.3. The second-order valence-corrected chi connectivity index (χ2v) is 9.02. The SMILES string of the molecule is CC[C@@H](C(=O)NC1CCCCC1)N(Cc1ccc(Cl)cc1)C(=O)Cc1cccc(C)c1. The van der Waals surface area contributed by atoms with Gasteiger partial charge in [-0.3, -0.25) is 9.59 Å². The maximum atomic E-state index is 13.4. The van der Waals surface area contributed by atoms with Crippen molar-refractivity contribution in [3.05, 3.63) is 70.2 Å². The molecule has 0 aliphatic heterocycles. The van der Waals surface area contributed by atoms with Gasteiger partial charge >= 0.3 is 0 Å². The zero-order valence-corrected chi connectivity index (χ0v) is 19.3. The molecule has 1 saturated carbocycles. The van der Waals surface area contributed by atoms with Crippen molar-refractivity contribution in [1.29, 1.82) is 0 Å². The first-order chi connectivity index (χ1) is 15.0. The highest BCUT2D eigenvalue weighted by Crippen LogP contribution is 2.20. The third-order valence-electron chi connectivity index (χ3n) is 6.04. The molecule has 31 heavy (non-hydrogen) atoms. The second-order valence-electron chi connectivity index (χ2n) is 8.58. The van der Waals surface area contributed by atoms with E-state index in [4.69, 9.17) is 11.6 Å². The van der Waals surface area contributed by atoms with Crippen LogP contribution in [0.5, 0.6) is 0 Å². The lowest BCUT2D eigenvalue weighted by Crippen LogP contribution is -2.51. The molecule has 4 nitrogen and oxygen atoms in total. The molecule has 0 aromatic heterocycles. The molecular weight excluding hydrogens is 408 g/mol. The van der Waals surface area contributed by atoms with Gasteiger partial charge in [0, 0.05) is 17.6 Å². The van der Waals surface area contributed by atoms with Gasteiger partial charge in [0.05, 0.1) is 6.42 Å². The molecular formula is C26H33ClN2O2. The highest BCUT2D eigenvalue weighted by Gasteiger charge is 2.30. The fourth-order valence-corrected chi connectivity index (χ4v) is 4.47. The Hall–Kier alpha value is -2.33. The van der Waals surface area contributed by atoms with Gasteiger partial charge in [-0.1, -0.05) is 79.7 Å². The number of nitrogens with one attached hydrogen (secondary N) is 1. The summed E-state index contributed by atoms with van der Waals surface area (Å²) in [5, 5.41) is 3.88. The first kappa shape index (κ1) is 23.3. The summed E-state index contributed by atoms with van der Waals surface area (Å²) in [5.74, 6) is -0.0767. The number of rotatable bonds is 8. The average Bonchev–Trinajstić information content (AvgIpc) is 2.75. The lowest BCUT2D eigenvalue weighted by molar-refractivity contribution is -0.141. The molecule has 1 N–H and O–H groups in total. The molecule has 0 radical (unpaired) electrons. The second kappa shape index (κ2) is 11.3. The molecule has 0 heterocycles. The zero-order chi connectivity index (χ0) is 22.2. The summed E-state index contributed by atoms with van der Waals surface area (Å²) >= 11 is 6.04. The number of hydrogen-bond acceptors (Lipinski definition) is 2.